The van der Waals surface area contributed by atoms with Crippen molar-refractivity contribution in [3.63, 3.8) is 0 Å². The van der Waals surface area contributed by atoms with Gasteiger partial charge in [-0.2, -0.15) is 0 Å². The number of imidazole rings is 1. The van der Waals surface area contributed by atoms with Gasteiger partial charge in [-0.25, -0.2) is 9.19 Å². The molecule has 2 heterocycles. The molecule has 5 nitrogen and oxygen atoms in total. The van der Waals surface area contributed by atoms with Crippen molar-refractivity contribution in [2.45, 2.75) is 10.1 Å². The van der Waals surface area contributed by atoms with Gasteiger partial charge in [-0.3, -0.25) is 4.98 Å². The van der Waals surface area contributed by atoms with Gasteiger partial charge in [-0.15, -0.1) is 0 Å². The number of nitrogens with zero attached hydrogens (tertiary/aromatic N) is 2. The van der Waals surface area contributed by atoms with Crippen LogP contribution in [0, 0.1) is 0 Å². The third-order valence-electron chi connectivity index (χ3n) is 3.94. The van der Waals surface area contributed by atoms with Gasteiger partial charge >= 0.3 is 0 Å². The number of hydrogen-bond donors (Lipinski definition) is 1. The first-order valence-electron chi connectivity index (χ1n) is 7.83. The molecule has 7 heteroatoms. The number of rotatable bonds is 4. The molecule has 0 saturated carbocycles. The number of H-pyrrole nitrogens is 1. The van der Waals surface area contributed by atoms with Crippen molar-refractivity contribution in [1.29, 1.82) is 0 Å². The summed E-state index contributed by atoms with van der Waals surface area (Å²) >= 11 is 6.40. The minimum Gasteiger partial charge on any atom is -0.497 e. The van der Waals surface area contributed by atoms with Crippen LogP contribution in [0.4, 0.5) is 0 Å². The van der Waals surface area contributed by atoms with Crippen molar-refractivity contribution < 1.29 is 8.95 Å². The summed E-state index contributed by atoms with van der Waals surface area (Å²) in [7, 11) is -0.00321. The predicted octanol–water partition coefficient (Wildman–Crippen LogP) is 4.45. The molecule has 0 bridgehead atoms. The van der Waals surface area contributed by atoms with Crippen LogP contribution in [0.5, 0.6) is 5.75 Å². The van der Waals surface area contributed by atoms with Crippen LogP contribution in [0.15, 0.2) is 70.8 Å². The Kier molecular flexibility index (Phi) is 4.44. The average Bonchev–Trinajstić information content (AvgIpc) is 3.11. The summed E-state index contributed by atoms with van der Waals surface area (Å²) in [6, 6.07) is 16.4. The summed E-state index contributed by atoms with van der Waals surface area (Å²) in [5.41, 5.74) is 2.88. The number of aromatic nitrogens is 3. The van der Waals surface area contributed by atoms with Crippen molar-refractivity contribution in [1.82, 2.24) is 15.0 Å². The lowest BCUT2D eigenvalue weighted by molar-refractivity contribution is 0.414. The van der Waals surface area contributed by atoms with E-state index in [-0.39, 0.29) is 0 Å². The number of hydrogen-bond acceptors (Lipinski definition) is 4. The minimum absolute atomic E-state index is 0.350. The Morgan fingerprint density at radius 2 is 1.96 bits per heavy atom. The van der Waals surface area contributed by atoms with E-state index in [2.05, 4.69) is 15.0 Å². The Bertz CT molecular complexity index is 1090. The molecule has 0 amide bonds. The van der Waals surface area contributed by atoms with Gasteiger partial charge in [0.2, 0.25) is 5.16 Å². The highest BCUT2D eigenvalue weighted by atomic mass is 35.5. The fraction of sp³-hybridized carbons (Fsp3) is 0.0526. The SMILES string of the molecule is COc1ccnc(-c2cccc(Cl)c2S(=O)c2nc3ccccc3[nH]2)c1. The number of aromatic amines is 1. The zero-order chi connectivity index (χ0) is 18.1. The Labute approximate surface area is 157 Å². The first kappa shape index (κ1) is 16.8. The van der Waals surface area contributed by atoms with Gasteiger partial charge in [0.1, 0.15) is 16.5 Å². The molecule has 0 aliphatic heterocycles. The molecule has 2 aromatic carbocycles. The van der Waals surface area contributed by atoms with E-state index in [4.69, 9.17) is 16.3 Å². The van der Waals surface area contributed by atoms with Crippen LogP contribution in [0.2, 0.25) is 5.02 Å². The maximum absolute atomic E-state index is 13.3. The molecule has 0 fully saturated rings. The highest BCUT2D eigenvalue weighted by Gasteiger charge is 2.21. The van der Waals surface area contributed by atoms with Crippen LogP contribution in [-0.4, -0.2) is 26.3 Å². The number of ether oxygens (including phenoxy) is 1. The average molecular weight is 384 g/mol. The Morgan fingerprint density at radius 3 is 2.77 bits per heavy atom. The van der Waals surface area contributed by atoms with Gasteiger partial charge in [0.05, 0.1) is 33.8 Å². The van der Waals surface area contributed by atoms with Gasteiger partial charge in [-0.1, -0.05) is 35.9 Å². The molecule has 1 unspecified atom stereocenters. The molecule has 4 rings (SSSR count). The molecular weight excluding hydrogens is 370 g/mol. The van der Waals surface area contributed by atoms with E-state index >= 15 is 0 Å². The van der Waals surface area contributed by atoms with Crippen LogP contribution in [-0.2, 0) is 10.8 Å². The van der Waals surface area contributed by atoms with Crippen molar-refractivity contribution in [2.24, 2.45) is 0 Å². The standard InChI is InChI=1S/C19H14ClN3O2S/c1-25-12-9-10-21-17(11-12)13-5-4-6-14(20)18(13)26(24)19-22-15-7-2-3-8-16(15)23-19/h2-11H,1H3,(H,22,23). The lowest BCUT2D eigenvalue weighted by Crippen LogP contribution is -2.00. The smallest absolute Gasteiger partial charge is 0.202 e. The highest BCUT2D eigenvalue weighted by molar-refractivity contribution is 7.85. The number of benzene rings is 2. The van der Waals surface area contributed by atoms with Gasteiger partial charge < -0.3 is 9.72 Å². The Hall–Kier alpha value is -2.70. The first-order chi connectivity index (χ1) is 12.7. The van der Waals surface area contributed by atoms with E-state index in [1.165, 1.54) is 0 Å². The van der Waals surface area contributed by atoms with E-state index in [0.717, 1.165) is 11.0 Å². The van der Waals surface area contributed by atoms with Gasteiger partial charge in [0.25, 0.3) is 0 Å². The third-order valence-corrected chi connectivity index (χ3v) is 5.72. The monoisotopic (exact) mass is 383 g/mol. The largest absolute Gasteiger partial charge is 0.497 e. The summed E-state index contributed by atoms with van der Waals surface area (Å²) in [5.74, 6) is 0.662. The quantitative estimate of drug-likeness (QED) is 0.565. The van der Waals surface area contributed by atoms with Crippen molar-refractivity contribution in [2.75, 3.05) is 7.11 Å². The number of fused-ring (bicyclic) bond motifs is 1. The van der Waals surface area contributed by atoms with Gasteiger partial charge in [0, 0.05) is 17.8 Å². The molecule has 2 aromatic heterocycles. The normalized spacial score (nSPS) is 12.2. The van der Waals surface area contributed by atoms with E-state index in [0.29, 0.717) is 32.1 Å². The predicted molar refractivity (Wildman–Crippen MR) is 102 cm³/mol. The summed E-state index contributed by atoms with van der Waals surface area (Å²) in [5, 5.41) is 0.745. The zero-order valence-corrected chi connectivity index (χ0v) is 15.3. The highest BCUT2D eigenvalue weighted by Crippen LogP contribution is 2.34. The van der Waals surface area contributed by atoms with E-state index in [1.54, 1.807) is 37.6 Å². The maximum Gasteiger partial charge on any atom is 0.202 e. The number of methoxy groups -OCH3 is 1. The fourth-order valence-electron chi connectivity index (χ4n) is 2.70. The van der Waals surface area contributed by atoms with Crippen LogP contribution in [0.25, 0.3) is 22.3 Å². The second kappa shape index (κ2) is 6.90. The second-order valence-corrected chi connectivity index (χ2v) is 7.26. The summed E-state index contributed by atoms with van der Waals surface area (Å²) in [6.07, 6.45) is 1.64. The molecule has 26 heavy (non-hydrogen) atoms. The van der Waals surface area contributed by atoms with Crippen LogP contribution >= 0.6 is 11.6 Å². The summed E-state index contributed by atoms with van der Waals surface area (Å²) in [6.45, 7) is 0. The Balaban J connectivity index is 1.86. The number of nitrogens with one attached hydrogen (secondary N) is 1. The maximum atomic E-state index is 13.3. The first-order valence-corrected chi connectivity index (χ1v) is 9.35. The summed E-state index contributed by atoms with van der Waals surface area (Å²) in [4.78, 5) is 12.4. The number of para-hydroxylation sites is 2. The molecule has 1 atom stereocenters. The van der Waals surface area contributed by atoms with Crippen molar-refractivity contribution in [3.8, 4) is 17.0 Å². The molecule has 0 spiro atoms. The van der Waals surface area contributed by atoms with E-state index in [1.807, 2.05) is 30.3 Å². The number of halogens is 1. The minimum atomic E-state index is -1.59. The molecular formula is C19H14ClN3O2S. The lowest BCUT2D eigenvalue weighted by atomic mass is 10.1. The van der Waals surface area contributed by atoms with Crippen LogP contribution < -0.4 is 4.74 Å². The number of pyridine rings is 1. The third kappa shape index (κ3) is 2.98. The van der Waals surface area contributed by atoms with Gasteiger partial charge in [-0.05, 0) is 24.3 Å². The second-order valence-electron chi connectivity index (χ2n) is 5.53. The molecule has 0 aliphatic rings. The molecule has 0 aliphatic carbocycles. The zero-order valence-electron chi connectivity index (χ0n) is 13.8. The molecule has 4 aromatic rings. The van der Waals surface area contributed by atoms with Crippen LogP contribution in [0.1, 0.15) is 0 Å². The molecule has 1 N–H and O–H groups in total. The van der Waals surface area contributed by atoms with Crippen molar-refractivity contribution in [3.05, 3.63) is 65.8 Å². The lowest BCUT2D eigenvalue weighted by Gasteiger charge is -2.10. The van der Waals surface area contributed by atoms with E-state index < -0.39 is 10.8 Å². The van der Waals surface area contributed by atoms with Crippen molar-refractivity contribution >= 4 is 33.4 Å². The van der Waals surface area contributed by atoms with Gasteiger partial charge in [0.15, 0.2) is 0 Å². The van der Waals surface area contributed by atoms with Crippen LogP contribution in [0.3, 0.4) is 0 Å². The molecule has 0 saturated heterocycles. The molecule has 130 valence electrons. The summed E-state index contributed by atoms with van der Waals surface area (Å²) < 4.78 is 18.5. The van der Waals surface area contributed by atoms with E-state index in [9.17, 15) is 4.21 Å². The topological polar surface area (TPSA) is 67.9 Å². The Morgan fingerprint density at radius 1 is 1.12 bits per heavy atom. The fourth-order valence-corrected chi connectivity index (χ4v) is 4.28. The molecule has 0 radical (unpaired) electrons.